The Hall–Kier alpha value is -1.99. The molecule has 1 fully saturated rings. The maximum atomic E-state index is 6.08. The van der Waals surface area contributed by atoms with Crippen LogP contribution in [0.25, 0.3) is 0 Å². The first-order valence-corrected chi connectivity index (χ1v) is 11.8. The van der Waals surface area contributed by atoms with Gasteiger partial charge in [-0.05, 0) is 38.6 Å². The van der Waals surface area contributed by atoms with Crippen molar-refractivity contribution >= 4 is 17.9 Å². The molecular weight excluding hydrogens is 448 g/mol. The molecule has 184 valence electrons. The Morgan fingerprint density at radius 3 is 2.42 bits per heavy atom. The Labute approximate surface area is 199 Å². The Bertz CT molecular complexity index is 848. The first kappa shape index (κ1) is 25.6. The van der Waals surface area contributed by atoms with Crippen LogP contribution in [0.3, 0.4) is 0 Å². The van der Waals surface area contributed by atoms with Gasteiger partial charge in [0.25, 0.3) is 0 Å². The highest BCUT2D eigenvalue weighted by Crippen LogP contribution is 2.35. The minimum atomic E-state index is -0.287. The Kier molecular flexibility index (Phi) is 9.68. The zero-order valence-electron chi connectivity index (χ0n) is 20.1. The van der Waals surface area contributed by atoms with Crippen LogP contribution in [0.5, 0.6) is 5.88 Å². The lowest BCUT2D eigenvalue weighted by molar-refractivity contribution is 0.0406. The molecule has 0 radical (unpaired) electrons. The van der Waals surface area contributed by atoms with Crippen molar-refractivity contribution in [2.75, 3.05) is 46.4 Å². The molecule has 0 bridgehead atoms. The molecule has 0 saturated carbocycles. The molecule has 1 aliphatic heterocycles. The van der Waals surface area contributed by atoms with E-state index >= 15 is 0 Å². The van der Waals surface area contributed by atoms with Crippen LogP contribution < -0.4 is 9.46 Å². The molecular formula is C21H34N6O5S. The molecule has 11 nitrogen and oxygen atoms in total. The van der Waals surface area contributed by atoms with Crippen molar-refractivity contribution in [3.63, 3.8) is 0 Å². The summed E-state index contributed by atoms with van der Waals surface area (Å²) < 4.78 is 33.2. The highest BCUT2D eigenvalue weighted by Gasteiger charge is 2.32. The number of anilines is 1. The Morgan fingerprint density at radius 2 is 1.88 bits per heavy atom. The van der Waals surface area contributed by atoms with Gasteiger partial charge in [0.05, 0.1) is 55.8 Å². The number of methoxy groups -OCH3 is 4. The van der Waals surface area contributed by atoms with Gasteiger partial charge in [-0.25, -0.2) is 4.98 Å². The standard InChI is InChI=1S/C21H34N6O5S/c1-13-7-8-17(32-13)20-24-25-21(27(20)15(11-28-3)12-29-4)26-33-14(2)19(31-6)16-9-23-18(30-5)10-22-16/h9-10,13-15,17,19H,7-8,11-12H2,1-6H3,(H,25,26). The van der Waals surface area contributed by atoms with Gasteiger partial charge in [-0.3, -0.25) is 14.3 Å². The average molecular weight is 483 g/mol. The summed E-state index contributed by atoms with van der Waals surface area (Å²) in [5.41, 5.74) is 0.715. The van der Waals surface area contributed by atoms with Crippen LogP contribution in [0.4, 0.5) is 5.95 Å². The molecule has 0 spiro atoms. The highest BCUT2D eigenvalue weighted by atomic mass is 32.2. The lowest BCUT2D eigenvalue weighted by Gasteiger charge is -2.24. The lowest BCUT2D eigenvalue weighted by atomic mass is 10.2. The fraction of sp³-hybridized carbons (Fsp3) is 0.714. The van der Waals surface area contributed by atoms with Crippen molar-refractivity contribution in [2.45, 2.75) is 56.3 Å². The second-order valence-electron chi connectivity index (χ2n) is 7.89. The molecule has 1 N–H and O–H groups in total. The fourth-order valence-electron chi connectivity index (χ4n) is 3.87. The van der Waals surface area contributed by atoms with Gasteiger partial charge in [0, 0.05) is 21.3 Å². The first-order chi connectivity index (χ1) is 16.0. The minimum absolute atomic E-state index is 0.0163. The van der Waals surface area contributed by atoms with Crippen molar-refractivity contribution in [1.29, 1.82) is 0 Å². The predicted molar refractivity (Wildman–Crippen MR) is 124 cm³/mol. The third-order valence-electron chi connectivity index (χ3n) is 5.49. The van der Waals surface area contributed by atoms with Crippen molar-refractivity contribution in [1.82, 2.24) is 24.7 Å². The van der Waals surface area contributed by atoms with Gasteiger partial charge in [-0.1, -0.05) is 0 Å². The first-order valence-electron chi connectivity index (χ1n) is 10.9. The van der Waals surface area contributed by atoms with E-state index < -0.39 is 0 Å². The van der Waals surface area contributed by atoms with Crippen molar-refractivity contribution in [3.8, 4) is 5.88 Å². The number of aromatic nitrogens is 5. The van der Waals surface area contributed by atoms with E-state index in [9.17, 15) is 0 Å². The number of hydrogen-bond acceptors (Lipinski definition) is 11. The molecule has 2 aromatic heterocycles. The van der Waals surface area contributed by atoms with Gasteiger partial charge >= 0.3 is 0 Å². The summed E-state index contributed by atoms with van der Waals surface area (Å²) >= 11 is 1.47. The zero-order chi connectivity index (χ0) is 23.8. The van der Waals surface area contributed by atoms with Gasteiger partial charge in [0.15, 0.2) is 5.82 Å². The van der Waals surface area contributed by atoms with E-state index in [4.69, 9.17) is 23.7 Å². The summed E-state index contributed by atoms with van der Waals surface area (Å²) in [7, 11) is 6.55. The summed E-state index contributed by atoms with van der Waals surface area (Å²) in [5, 5.41) is 8.88. The number of rotatable bonds is 13. The van der Waals surface area contributed by atoms with E-state index in [1.54, 1.807) is 40.8 Å². The molecule has 4 atom stereocenters. The second-order valence-corrected chi connectivity index (χ2v) is 9.08. The molecule has 0 aliphatic carbocycles. The van der Waals surface area contributed by atoms with Crippen LogP contribution in [-0.2, 0) is 18.9 Å². The monoisotopic (exact) mass is 482 g/mol. The van der Waals surface area contributed by atoms with Crippen LogP contribution in [0.1, 0.15) is 56.5 Å². The second kappa shape index (κ2) is 12.5. The largest absolute Gasteiger partial charge is 0.480 e. The third-order valence-corrected chi connectivity index (χ3v) is 6.41. The van der Waals surface area contributed by atoms with E-state index in [1.165, 1.54) is 11.9 Å². The number of nitrogens with one attached hydrogen (secondary N) is 1. The summed E-state index contributed by atoms with van der Waals surface area (Å²) in [5.74, 6) is 1.84. The molecule has 2 aromatic rings. The number of ether oxygens (including phenoxy) is 5. The normalized spacial score (nSPS) is 20.2. The van der Waals surface area contributed by atoms with E-state index in [0.29, 0.717) is 30.7 Å². The van der Waals surface area contributed by atoms with Gasteiger partial charge in [-0.15, -0.1) is 10.2 Å². The maximum Gasteiger partial charge on any atom is 0.235 e. The quantitative estimate of drug-likeness (QED) is 0.425. The van der Waals surface area contributed by atoms with Crippen molar-refractivity contribution < 1.29 is 23.7 Å². The molecule has 0 amide bonds. The summed E-state index contributed by atoms with van der Waals surface area (Å²) in [6.45, 7) is 5.03. The van der Waals surface area contributed by atoms with E-state index in [1.807, 2.05) is 11.5 Å². The van der Waals surface area contributed by atoms with Crippen molar-refractivity contribution in [3.05, 3.63) is 23.9 Å². The molecule has 3 rings (SSSR count). The van der Waals surface area contributed by atoms with Crippen LogP contribution >= 0.6 is 11.9 Å². The predicted octanol–water partition coefficient (Wildman–Crippen LogP) is 2.99. The van der Waals surface area contributed by atoms with Crippen LogP contribution in [-0.4, -0.2) is 77.7 Å². The molecule has 1 saturated heterocycles. The molecule has 3 heterocycles. The summed E-state index contributed by atoms with van der Waals surface area (Å²) in [4.78, 5) is 8.65. The van der Waals surface area contributed by atoms with E-state index in [0.717, 1.165) is 18.7 Å². The zero-order valence-corrected chi connectivity index (χ0v) is 20.9. The smallest absolute Gasteiger partial charge is 0.235 e. The lowest BCUT2D eigenvalue weighted by Crippen LogP contribution is -2.25. The summed E-state index contributed by atoms with van der Waals surface area (Å²) in [6, 6.07) is -0.103. The van der Waals surface area contributed by atoms with Crippen LogP contribution in [0.2, 0.25) is 0 Å². The van der Waals surface area contributed by atoms with Crippen LogP contribution in [0, 0.1) is 0 Å². The SMILES string of the molecule is COCC(COC)n1c(NSC(C)C(OC)c2cnc(OC)cn2)nnc1C1CCC(C)O1. The molecule has 12 heteroatoms. The molecule has 1 aliphatic rings. The van der Waals surface area contributed by atoms with E-state index in [2.05, 4.69) is 31.8 Å². The van der Waals surface area contributed by atoms with Gasteiger partial charge < -0.3 is 23.7 Å². The number of nitrogens with zero attached hydrogens (tertiary/aromatic N) is 5. The van der Waals surface area contributed by atoms with E-state index in [-0.39, 0.29) is 29.6 Å². The fourth-order valence-corrected chi connectivity index (χ4v) is 4.67. The Balaban J connectivity index is 1.79. The molecule has 33 heavy (non-hydrogen) atoms. The van der Waals surface area contributed by atoms with Crippen LogP contribution in [0.15, 0.2) is 12.4 Å². The van der Waals surface area contributed by atoms with Gasteiger partial charge in [0.1, 0.15) is 12.2 Å². The topological polar surface area (TPSA) is 115 Å². The number of hydrogen-bond donors (Lipinski definition) is 1. The summed E-state index contributed by atoms with van der Waals surface area (Å²) in [6.07, 6.45) is 4.94. The highest BCUT2D eigenvalue weighted by molar-refractivity contribution is 8.01. The molecule has 4 unspecified atom stereocenters. The van der Waals surface area contributed by atoms with Crippen molar-refractivity contribution in [2.24, 2.45) is 0 Å². The van der Waals surface area contributed by atoms with Gasteiger partial charge in [-0.2, -0.15) is 0 Å². The molecule has 0 aromatic carbocycles. The maximum absolute atomic E-state index is 6.08. The third kappa shape index (κ3) is 6.33. The average Bonchev–Trinajstić information content (AvgIpc) is 3.44. The minimum Gasteiger partial charge on any atom is -0.480 e. The Morgan fingerprint density at radius 1 is 1.12 bits per heavy atom. The van der Waals surface area contributed by atoms with Gasteiger partial charge in [0.2, 0.25) is 11.8 Å².